The highest BCUT2D eigenvalue weighted by molar-refractivity contribution is 5.94. The van der Waals surface area contributed by atoms with Gasteiger partial charge in [-0.1, -0.05) is 6.07 Å². The molecule has 0 spiro atoms. The summed E-state index contributed by atoms with van der Waals surface area (Å²) in [6.45, 7) is 1.92. The first-order chi connectivity index (χ1) is 10.0. The lowest BCUT2D eigenvalue weighted by Gasteiger charge is -2.14. The number of nitrogens with one attached hydrogen (secondary N) is 1. The summed E-state index contributed by atoms with van der Waals surface area (Å²) in [5.74, 6) is 0.916. The maximum absolute atomic E-state index is 12.2. The molecule has 0 radical (unpaired) electrons. The molecule has 0 saturated heterocycles. The first-order valence-electron chi connectivity index (χ1n) is 7.35. The second kappa shape index (κ2) is 5.35. The molecule has 2 aliphatic carbocycles. The van der Waals surface area contributed by atoms with Crippen LogP contribution in [-0.2, 0) is 9.59 Å². The van der Waals surface area contributed by atoms with Gasteiger partial charge >= 0.3 is 5.97 Å². The summed E-state index contributed by atoms with van der Waals surface area (Å²) >= 11 is 0. The number of fused-ring (bicyclic) bond motifs is 1. The van der Waals surface area contributed by atoms with Crippen LogP contribution >= 0.6 is 0 Å². The van der Waals surface area contributed by atoms with Gasteiger partial charge in [0, 0.05) is 17.7 Å². The number of carbonyl (C=O) groups excluding carboxylic acids is 1. The van der Waals surface area contributed by atoms with Crippen LogP contribution in [0.25, 0.3) is 6.08 Å². The fourth-order valence-corrected chi connectivity index (χ4v) is 3.26. The van der Waals surface area contributed by atoms with Crippen LogP contribution in [0, 0.1) is 24.7 Å². The minimum Gasteiger partial charge on any atom is -0.478 e. The number of anilines is 1. The van der Waals surface area contributed by atoms with E-state index < -0.39 is 5.97 Å². The Hall–Kier alpha value is -2.10. The number of aryl methyl sites for hydroxylation is 1. The Morgan fingerprint density at radius 1 is 1.24 bits per heavy atom. The lowest BCUT2D eigenvalue weighted by Crippen LogP contribution is -2.22. The number of carboxylic acid groups (broad SMARTS) is 1. The molecule has 3 rings (SSSR count). The Morgan fingerprint density at radius 2 is 1.95 bits per heavy atom. The van der Waals surface area contributed by atoms with E-state index in [1.54, 1.807) is 6.08 Å². The smallest absolute Gasteiger partial charge is 0.328 e. The SMILES string of the molecule is Cc1cc(/C=C/C(=O)O)ccc1NC(=O)C1CC2CC2C1. The van der Waals surface area contributed by atoms with Gasteiger partial charge in [-0.25, -0.2) is 4.79 Å². The highest BCUT2D eigenvalue weighted by Crippen LogP contribution is 2.54. The third-order valence-electron chi connectivity index (χ3n) is 4.54. The van der Waals surface area contributed by atoms with Crippen LogP contribution < -0.4 is 5.32 Å². The second-order valence-corrected chi connectivity index (χ2v) is 6.16. The van der Waals surface area contributed by atoms with Gasteiger partial charge in [0.1, 0.15) is 0 Å². The number of carbonyl (C=O) groups is 2. The van der Waals surface area contributed by atoms with Crippen molar-refractivity contribution in [3.63, 3.8) is 0 Å². The molecule has 0 aliphatic heterocycles. The van der Waals surface area contributed by atoms with E-state index in [4.69, 9.17) is 5.11 Å². The average Bonchev–Trinajstić information content (AvgIpc) is 3.05. The van der Waals surface area contributed by atoms with Gasteiger partial charge in [0.25, 0.3) is 0 Å². The van der Waals surface area contributed by atoms with Gasteiger partial charge < -0.3 is 10.4 Å². The van der Waals surface area contributed by atoms with Crippen molar-refractivity contribution in [2.24, 2.45) is 17.8 Å². The van der Waals surface area contributed by atoms with E-state index >= 15 is 0 Å². The van der Waals surface area contributed by atoms with Crippen molar-refractivity contribution in [3.8, 4) is 0 Å². The zero-order valence-electron chi connectivity index (χ0n) is 12.0. The summed E-state index contributed by atoms with van der Waals surface area (Å²) in [5.41, 5.74) is 2.57. The largest absolute Gasteiger partial charge is 0.478 e. The third kappa shape index (κ3) is 3.15. The van der Waals surface area contributed by atoms with Gasteiger partial charge in [-0.05, 0) is 67.4 Å². The number of carboxylic acids is 1. The topological polar surface area (TPSA) is 66.4 Å². The highest BCUT2D eigenvalue weighted by Gasteiger charge is 2.47. The Kier molecular flexibility index (Phi) is 3.53. The van der Waals surface area contributed by atoms with Crippen LogP contribution in [0.15, 0.2) is 24.3 Å². The molecule has 1 amide bonds. The molecule has 4 nitrogen and oxygen atoms in total. The van der Waals surface area contributed by atoms with E-state index in [1.807, 2.05) is 25.1 Å². The minimum absolute atomic E-state index is 0.124. The molecule has 0 heterocycles. The summed E-state index contributed by atoms with van der Waals surface area (Å²) in [4.78, 5) is 22.7. The van der Waals surface area contributed by atoms with E-state index in [9.17, 15) is 9.59 Å². The number of aliphatic carboxylic acids is 1. The van der Waals surface area contributed by atoms with Crippen molar-refractivity contribution in [1.29, 1.82) is 0 Å². The fraction of sp³-hybridized carbons (Fsp3) is 0.412. The molecular weight excluding hydrogens is 266 g/mol. The molecule has 2 saturated carbocycles. The highest BCUT2D eigenvalue weighted by atomic mass is 16.4. The van der Waals surface area contributed by atoms with E-state index in [0.717, 1.165) is 47.6 Å². The van der Waals surface area contributed by atoms with E-state index in [1.165, 1.54) is 6.42 Å². The molecule has 0 aromatic heterocycles. The van der Waals surface area contributed by atoms with Crippen molar-refractivity contribution in [1.82, 2.24) is 0 Å². The predicted molar refractivity (Wildman–Crippen MR) is 80.8 cm³/mol. The maximum Gasteiger partial charge on any atom is 0.328 e. The molecule has 0 bridgehead atoms. The zero-order valence-corrected chi connectivity index (χ0v) is 12.0. The van der Waals surface area contributed by atoms with E-state index in [0.29, 0.717) is 0 Å². The number of benzene rings is 1. The van der Waals surface area contributed by atoms with Crippen molar-refractivity contribution in [3.05, 3.63) is 35.4 Å². The average molecular weight is 285 g/mol. The number of rotatable bonds is 4. The number of amides is 1. The summed E-state index contributed by atoms with van der Waals surface area (Å²) in [7, 11) is 0. The van der Waals surface area contributed by atoms with E-state index in [-0.39, 0.29) is 11.8 Å². The number of hydrogen-bond donors (Lipinski definition) is 2. The molecule has 2 N–H and O–H groups in total. The van der Waals surface area contributed by atoms with Crippen molar-refractivity contribution >= 4 is 23.6 Å². The van der Waals surface area contributed by atoms with Crippen LogP contribution in [0.5, 0.6) is 0 Å². The Labute approximate surface area is 123 Å². The third-order valence-corrected chi connectivity index (χ3v) is 4.54. The van der Waals surface area contributed by atoms with Gasteiger partial charge in [-0.15, -0.1) is 0 Å². The maximum atomic E-state index is 12.2. The van der Waals surface area contributed by atoms with Crippen molar-refractivity contribution < 1.29 is 14.7 Å². The normalized spacial score (nSPS) is 26.6. The minimum atomic E-state index is -0.968. The summed E-state index contributed by atoms with van der Waals surface area (Å²) < 4.78 is 0. The molecule has 4 heteroatoms. The van der Waals surface area contributed by atoms with Crippen LogP contribution in [0.2, 0.25) is 0 Å². The quantitative estimate of drug-likeness (QED) is 0.835. The predicted octanol–water partition coefficient (Wildman–Crippen LogP) is 3.08. The first-order valence-corrected chi connectivity index (χ1v) is 7.35. The van der Waals surface area contributed by atoms with Crippen molar-refractivity contribution in [2.45, 2.75) is 26.2 Å². The van der Waals surface area contributed by atoms with Gasteiger partial charge in [-0.3, -0.25) is 4.79 Å². The first kappa shape index (κ1) is 13.9. The molecule has 2 aliphatic rings. The Balaban J connectivity index is 1.65. The lowest BCUT2D eigenvalue weighted by molar-refractivity contribution is -0.131. The molecule has 110 valence electrons. The molecule has 2 unspecified atom stereocenters. The fourth-order valence-electron chi connectivity index (χ4n) is 3.26. The molecule has 2 atom stereocenters. The zero-order chi connectivity index (χ0) is 15.0. The lowest BCUT2D eigenvalue weighted by atomic mass is 10.0. The molecular formula is C17H19NO3. The van der Waals surface area contributed by atoms with Gasteiger partial charge in [0.15, 0.2) is 0 Å². The Bertz CT molecular complexity index is 610. The van der Waals surface area contributed by atoms with Crippen LogP contribution in [-0.4, -0.2) is 17.0 Å². The number of hydrogen-bond acceptors (Lipinski definition) is 2. The molecule has 21 heavy (non-hydrogen) atoms. The summed E-state index contributed by atoms with van der Waals surface area (Å²) in [6.07, 6.45) is 6.04. The van der Waals surface area contributed by atoms with Gasteiger partial charge in [0.2, 0.25) is 5.91 Å². The van der Waals surface area contributed by atoms with E-state index in [2.05, 4.69) is 5.32 Å². The second-order valence-electron chi connectivity index (χ2n) is 6.16. The van der Waals surface area contributed by atoms with Gasteiger partial charge in [0.05, 0.1) is 0 Å². The molecule has 1 aromatic carbocycles. The van der Waals surface area contributed by atoms with Crippen LogP contribution in [0.1, 0.15) is 30.4 Å². The standard InChI is InChI=1S/C17H19NO3/c1-10-6-11(3-5-16(19)20)2-4-15(10)18-17(21)14-8-12-7-13(12)9-14/h2-6,12-14H,7-9H2,1H3,(H,18,21)(H,19,20)/b5-3+. The van der Waals surface area contributed by atoms with Crippen molar-refractivity contribution in [2.75, 3.05) is 5.32 Å². The van der Waals surface area contributed by atoms with Gasteiger partial charge in [-0.2, -0.15) is 0 Å². The Morgan fingerprint density at radius 3 is 2.57 bits per heavy atom. The summed E-state index contributed by atoms with van der Waals surface area (Å²) in [5, 5.41) is 11.6. The molecule has 2 fully saturated rings. The monoisotopic (exact) mass is 285 g/mol. The van der Waals surface area contributed by atoms with Crippen LogP contribution in [0.3, 0.4) is 0 Å². The summed E-state index contributed by atoms with van der Waals surface area (Å²) in [6, 6.07) is 5.53. The molecule has 1 aromatic rings. The van der Waals surface area contributed by atoms with Crippen LogP contribution in [0.4, 0.5) is 5.69 Å².